The Kier molecular flexibility index (Phi) is 3.25. The Hall–Kier alpha value is -2.96. The van der Waals surface area contributed by atoms with Gasteiger partial charge in [0.15, 0.2) is 0 Å². The first kappa shape index (κ1) is 14.0. The smallest absolute Gasteiger partial charge is 0.303 e. The van der Waals surface area contributed by atoms with E-state index < -0.39 is 5.97 Å². The number of esters is 1. The van der Waals surface area contributed by atoms with E-state index in [4.69, 9.17) is 4.74 Å². The molecule has 3 aromatic rings. The molecule has 0 spiro atoms. The highest BCUT2D eigenvalue weighted by Gasteiger charge is 2.15. The van der Waals surface area contributed by atoms with Crippen LogP contribution in [0.25, 0.3) is 21.8 Å². The molecule has 7 nitrogen and oxygen atoms in total. The second kappa shape index (κ2) is 5.10. The Bertz CT molecular complexity index is 945. The minimum Gasteiger partial charge on any atom is -0.459 e. The molecule has 0 fully saturated rings. The van der Waals surface area contributed by atoms with Crippen LogP contribution in [0.5, 0.6) is 0 Å². The summed E-state index contributed by atoms with van der Waals surface area (Å²) in [7, 11) is 0. The van der Waals surface area contributed by atoms with Gasteiger partial charge in [0.1, 0.15) is 12.1 Å². The van der Waals surface area contributed by atoms with Crippen molar-refractivity contribution in [3.63, 3.8) is 0 Å². The lowest BCUT2D eigenvalue weighted by Gasteiger charge is -2.10. The predicted molar refractivity (Wildman–Crippen MR) is 80.8 cm³/mol. The second-order valence-corrected chi connectivity index (χ2v) is 4.99. The average Bonchev–Trinajstić information content (AvgIpc) is 2.86. The van der Waals surface area contributed by atoms with Gasteiger partial charge in [-0.3, -0.25) is 19.4 Å². The standard InChI is InChI=1S/C15H13N3O4/c1-7(19)17-11-4-12(21)15-13-9(5-16-15)3-10(18-14(11)13)6-22-8(2)20/h3-5,18H,6H2,1-2H3,(H,17,19). The molecule has 0 aliphatic rings. The second-order valence-electron chi connectivity index (χ2n) is 4.99. The summed E-state index contributed by atoms with van der Waals surface area (Å²) in [4.78, 5) is 41.5. The van der Waals surface area contributed by atoms with Crippen LogP contribution >= 0.6 is 0 Å². The molecule has 0 bridgehead atoms. The zero-order valence-electron chi connectivity index (χ0n) is 12.0. The summed E-state index contributed by atoms with van der Waals surface area (Å²) in [5.41, 5.74) is 1.69. The van der Waals surface area contributed by atoms with Crippen molar-refractivity contribution in [3.05, 3.63) is 34.2 Å². The molecule has 0 atom stereocenters. The molecular formula is C15H13N3O4. The number of H-pyrrole nitrogens is 1. The maximum absolute atomic E-state index is 12.1. The number of nitrogens with one attached hydrogen (secondary N) is 2. The van der Waals surface area contributed by atoms with Gasteiger partial charge >= 0.3 is 5.97 Å². The molecule has 3 rings (SSSR count). The van der Waals surface area contributed by atoms with Crippen LogP contribution in [0.4, 0.5) is 5.69 Å². The Morgan fingerprint density at radius 2 is 2.09 bits per heavy atom. The van der Waals surface area contributed by atoms with E-state index >= 15 is 0 Å². The highest BCUT2D eigenvalue weighted by Crippen LogP contribution is 2.29. The van der Waals surface area contributed by atoms with E-state index in [1.807, 2.05) is 0 Å². The number of aromatic nitrogens is 2. The van der Waals surface area contributed by atoms with Gasteiger partial charge in [0.05, 0.1) is 16.9 Å². The number of pyridine rings is 1. The van der Waals surface area contributed by atoms with Crippen molar-refractivity contribution in [3.8, 4) is 0 Å². The minimum absolute atomic E-state index is 0.0695. The van der Waals surface area contributed by atoms with Crippen molar-refractivity contribution < 1.29 is 14.3 Å². The van der Waals surface area contributed by atoms with Gasteiger partial charge in [0.25, 0.3) is 0 Å². The molecule has 7 heteroatoms. The molecule has 0 radical (unpaired) electrons. The maximum atomic E-state index is 12.1. The molecule has 0 aliphatic carbocycles. The van der Waals surface area contributed by atoms with Crippen molar-refractivity contribution in [1.29, 1.82) is 0 Å². The van der Waals surface area contributed by atoms with Gasteiger partial charge in [-0.05, 0) is 6.07 Å². The highest BCUT2D eigenvalue weighted by molar-refractivity contribution is 6.13. The number of rotatable bonds is 3. The lowest BCUT2D eigenvalue weighted by molar-refractivity contribution is -0.142. The summed E-state index contributed by atoms with van der Waals surface area (Å²) in [5.74, 6) is -0.676. The Morgan fingerprint density at radius 3 is 2.77 bits per heavy atom. The van der Waals surface area contributed by atoms with Gasteiger partial charge in [0.2, 0.25) is 11.3 Å². The van der Waals surface area contributed by atoms with E-state index in [1.165, 1.54) is 19.9 Å². The van der Waals surface area contributed by atoms with E-state index in [0.717, 1.165) is 5.39 Å². The Balaban J connectivity index is 2.24. The van der Waals surface area contributed by atoms with Crippen LogP contribution in [0.1, 0.15) is 19.5 Å². The lowest BCUT2D eigenvalue weighted by Crippen LogP contribution is -2.11. The number of hydrogen-bond acceptors (Lipinski definition) is 5. The summed E-state index contributed by atoms with van der Waals surface area (Å²) < 4.78 is 4.97. The number of benzene rings is 1. The number of anilines is 1. The fourth-order valence-electron chi connectivity index (χ4n) is 2.42. The third kappa shape index (κ3) is 2.37. The lowest BCUT2D eigenvalue weighted by atomic mass is 10.1. The topological polar surface area (TPSA) is 101 Å². The summed E-state index contributed by atoms with van der Waals surface area (Å²) >= 11 is 0. The molecular weight excluding hydrogens is 286 g/mol. The number of nitrogens with zero attached hydrogens (tertiary/aromatic N) is 1. The van der Waals surface area contributed by atoms with Crippen molar-refractivity contribution in [1.82, 2.24) is 9.97 Å². The minimum atomic E-state index is -0.392. The van der Waals surface area contributed by atoms with Crippen LogP contribution < -0.4 is 10.7 Å². The largest absolute Gasteiger partial charge is 0.459 e. The Labute approximate surface area is 124 Å². The van der Waals surface area contributed by atoms with Crippen LogP contribution in [0.3, 0.4) is 0 Å². The summed E-state index contributed by atoms with van der Waals surface area (Å²) in [6, 6.07) is 3.10. The van der Waals surface area contributed by atoms with E-state index in [0.29, 0.717) is 27.8 Å². The van der Waals surface area contributed by atoms with Gasteiger partial charge in [-0.25, -0.2) is 0 Å². The van der Waals surface area contributed by atoms with Gasteiger partial charge in [-0.2, -0.15) is 0 Å². The normalized spacial score (nSPS) is 11.0. The molecule has 2 aromatic heterocycles. The highest BCUT2D eigenvalue weighted by atomic mass is 16.5. The molecule has 1 amide bonds. The number of carbonyl (C=O) groups is 2. The maximum Gasteiger partial charge on any atom is 0.303 e. The van der Waals surface area contributed by atoms with Gasteiger partial charge < -0.3 is 15.0 Å². The van der Waals surface area contributed by atoms with Crippen molar-refractivity contribution in [2.45, 2.75) is 20.5 Å². The van der Waals surface area contributed by atoms with Gasteiger partial charge in [-0.15, -0.1) is 0 Å². The molecule has 0 aliphatic heterocycles. The predicted octanol–water partition coefficient (Wildman–Crippen LogP) is 1.54. The number of carbonyl (C=O) groups excluding carboxylic acids is 2. The van der Waals surface area contributed by atoms with Crippen LogP contribution in [0.15, 0.2) is 23.1 Å². The summed E-state index contributed by atoms with van der Waals surface area (Å²) in [5, 5.41) is 4.03. The number of aromatic amines is 1. The molecule has 2 N–H and O–H groups in total. The average molecular weight is 299 g/mol. The van der Waals surface area contributed by atoms with Crippen LogP contribution in [-0.2, 0) is 20.9 Å². The molecule has 0 saturated carbocycles. The first-order valence-electron chi connectivity index (χ1n) is 6.63. The first-order chi connectivity index (χ1) is 10.5. The third-order valence-electron chi connectivity index (χ3n) is 3.24. The number of ether oxygens (including phenoxy) is 1. The van der Waals surface area contributed by atoms with Crippen molar-refractivity contribution in [2.24, 2.45) is 0 Å². The molecule has 1 aromatic carbocycles. The van der Waals surface area contributed by atoms with Crippen LogP contribution in [0.2, 0.25) is 0 Å². The van der Waals surface area contributed by atoms with E-state index in [9.17, 15) is 14.4 Å². The molecule has 112 valence electrons. The fourth-order valence-corrected chi connectivity index (χ4v) is 2.42. The fraction of sp³-hybridized carbons (Fsp3) is 0.200. The zero-order chi connectivity index (χ0) is 15.9. The Morgan fingerprint density at radius 1 is 1.32 bits per heavy atom. The molecule has 2 heterocycles. The van der Waals surface area contributed by atoms with Gasteiger partial charge in [-0.1, -0.05) is 0 Å². The third-order valence-corrected chi connectivity index (χ3v) is 3.24. The number of hydrogen-bond donors (Lipinski definition) is 2. The van der Waals surface area contributed by atoms with Crippen LogP contribution in [0, 0.1) is 0 Å². The molecule has 0 saturated heterocycles. The monoisotopic (exact) mass is 299 g/mol. The molecule has 22 heavy (non-hydrogen) atoms. The summed E-state index contributed by atoms with van der Waals surface area (Å²) in [6.45, 7) is 2.76. The molecule has 0 unspecified atom stereocenters. The first-order valence-corrected chi connectivity index (χ1v) is 6.63. The van der Waals surface area contributed by atoms with Crippen molar-refractivity contribution >= 4 is 39.4 Å². The van der Waals surface area contributed by atoms with Gasteiger partial charge in [0, 0.05) is 36.9 Å². The SMILES string of the molecule is CC(=O)Nc1cc(=O)c2ncc3cc(COC(C)=O)[nH]c1c32. The quantitative estimate of drug-likeness (QED) is 0.714. The zero-order valence-corrected chi connectivity index (χ0v) is 12.0. The van der Waals surface area contributed by atoms with E-state index in [1.54, 1.807) is 12.3 Å². The van der Waals surface area contributed by atoms with E-state index in [-0.39, 0.29) is 17.9 Å². The van der Waals surface area contributed by atoms with E-state index in [2.05, 4.69) is 15.3 Å². The van der Waals surface area contributed by atoms with Crippen LogP contribution in [-0.4, -0.2) is 21.8 Å². The van der Waals surface area contributed by atoms with Crippen molar-refractivity contribution in [2.75, 3.05) is 5.32 Å². The summed E-state index contributed by atoms with van der Waals surface area (Å²) in [6.07, 6.45) is 1.59. The number of amides is 1.